The van der Waals surface area contributed by atoms with E-state index in [0.717, 1.165) is 11.9 Å². The van der Waals surface area contributed by atoms with Crippen LogP contribution in [-0.2, 0) is 6.42 Å². The van der Waals surface area contributed by atoms with E-state index in [-0.39, 0.29) is 5.91 Å². The zero-order chi connectivity index (χ0) is 13.9. The van der Waals surface area contributed by atoms with E-state index >= 15 is 0 Å². The smallest absolute Gasteiger partial charge is 0.289 e. The largest absolute Gasteiger partial charge is 0.459 e. The number of H-pyrrole nitrogens is 1. The maximum atomic E-state index is 12.1. The van der Waals surface area contributed by atoms with Gasteiger partial charge in [-0.15, -0.1) is 0 Å². The van der Waals surface area contributed by atoms with Crippen LogP contribution >= 0.6 is 0 Å². The first-order valence-corrected chi connectivity index (χ1v) is 6.59. The second-order valence-corrected chi connectivity index (χ2v) is 4.81. The number of furan rings is 1. The molecule has 0 spiro atoms. The summed E-state index contributed by atoms with van der Waals surface area (Å²) in [6, 6.07) is 11.6. The van der Waals surface area contributed by atoms with Gasteiger partial charge in [-0.3, -0.25) is 4.79 Å². The summed E-state index contributed by atoms with van der Waals surface area (Å²) < 4.78 is 5.13. The first kappa shape index (κ1) is 12.5. The lowest BCUT2D eigenvalue weighted by atomic mass is 10.1. The Labute approximate surface area is 117 Å². The van der Waals surface area contributed by atoms with Crippen molar-refractivity contribution in [1.82, 2.24) is 9.88 Å². The number of carbonyl (C=O) groups excluding carboxylic acids is 1. The molecule has 20 heavy (non-hydrogen) atoms. The van der Waals surface area contributed by atoms with Crippen LogP contribution < -0.4 is 0 Å². The molecule has 1 N–H and O–H groups in total. The lowest BCUT2D eigenvalue weighted by Gasteiger charge is -2.15. The lowest BCUT2D eigenvalue weighted by molar-refractivity contribution is 0.0765. The lowest BCUT2D eigenvalue weighted by Crippen LogP contribution is -2.28. The van der Waals surface area contributed by atoms with Gasteiger partial charge in [0.05, 0.1) is 6.26 Å². The van der Waals surface area contributed by atoms with E-state index in [0.29, 0.717) is 12.3 Å². The van der Waals surface area contributed by atoms with Crippen LogP contribution in [-0.4, -0.2) is 29.4 Å². The van der Waals surface area contributed by atoms with Crippen LogP contribution in [0.4, 0.5) is 0 Å². The Hall–Kier alpha value is -2.49. The van der Waals surface area contributed by atoms with Gasteiger partial charge in [-0.05, 0) is 30.2 Å². The van der Waals surface area contributed by atoms with Crippen molar-refractivity contribution in [1.29, 1.82) is 0 Å². The van der Waals surface area contributed by atoms with Gasteiger partial charge < -0.3 is 14.3 Å². The topological polar surface area (TPSA) is 49.2 Å². The molecule has 102 valence electrons. The number of hydrogen-bond acceptors (Lipinski definition) is 2. The number of aromatic amines is 1. The number of nitrogens with one attached hydrogen (secondary N) is 1. The number of likely N-dealkylation sites (N-methyl/N-ethyl adjacent to an activating group) is 1. The summed E-state index contributed by atoms with van der Waals surface area (Å²) >= 11 is 0. The molecule has 0 unspecified atom stereocenters. The maximum absolute atomic E-state index is 12.1. The Morgan fingerprint density at radius 1 is 1.25 bits per heavy atom. The number of rotatable bonds is 4. The van der Waals surface area contributed by atoms with Gasteiger partial charge in [0.25, 0.3) is 5.91 Å². The molecule has 0 atom stereocenters. The highest BCUT2D eigenvalue weighted by Crippen LogP contribution is 2.18. The zero-order valence-corrected chi connectivity index (χ0v) is 11.3. The Balaban J connectivity index is 1.69. The van der Waals surface area contributed by atoms with Crippen LogP contribution in [0.25, 0.3) is 10.9 Å². The van der Waals surface area contributed by atoms with E-state index in [1.165, 1.54) is 17.2 Å². The average Bonchev–Trinajstić information content (AvgIpc) is 3.13. The first-order chi connectivity index (χ1) is 9.75. The third-order valence-corrected chi connectivity index (χ3v) is 3.47. The highest BCUT2D eigenvalue weighted by atomic mass is 16.3. The normalized spacial score (nSPS) is 10.8. The SMILES string of the molecule is CN(CCc1c[nH]c2ccccc12)C(=O)c1ccco1. The molecule has 2 aromatic heterocycles. The molecule has 4 heteroatoms. The summed E-state index contributed by atoms with van der Waals surface area (Å²) in [4.78, 5) is 17.0. The Kier molecular flexibility index (Phi) is 3.29. The van der Waals surface area contributed by atoms with Crippen molar-refractivity contribution in [2.45, 2.75) is 6.42 Å². The molecule has 0 aliphatic rings. The molecule has 0 saturated heterocycles. The van der Waals surface area contributed by atoms with Gasteiger partial charge in [0.1, 0.15) is 0 Å². The van der Waals surface area contributed by atoms with E-state index in [1.807, 2.05) is 18.3 Å². The third-order valence-electron chi connectivity index (χ3n) is 3.47. The van der Waals surface area contributed by atoms with E-state index in [2.05, 4.69) is 17.1 Å². The van der Waals surface area contributed by atoms with Crippen molar-refractivity contribution in [3.8, 4) is 0 Å². The summed E-state index contributed by atoms with van der Waals surface area (Å²) in [7, 11) is 1.79. The van der Waals surface area contributed by atoms with Crippen LogP contribution in [0, 0.1) is 0 Å². The summed E-state index contributed by atoms with van der Waals surface area (Å²) in [6.07, 6.45) is 4.34. The Bertz CT molecular complexity index is 713. The van der Waals surface area contributed by atoms with Crippen molar-refractivity contribution in [3.63, 3.8) is 0 Å². The summed E-state index contributed by atoms with van der Waals surface area (Å²) in [5.41, 5.74) is 2.35. The molecule has 1 aromatic carbocycles. The third kappa shape index (κ3) is 2.32. The van der Waals surface area contributed by atoms with Crippen molar-refractivity contribution in [3.05, 3.63) is 60.2 Å². The average molecular weight is 268 g/mol. The molecule has 2 heterocycles. The van der Waals surface area contributed by atoms with Crippen molar-refractivity contribution >= 4 is 16.8 Å². The van der Waals surface area contributed by atoms with Gasteiger partial charge in [0, 0.05) is 30.7 Å². The molecule has 0 fully saturated rings. The molecule has 3 aromatic rings. The fourth-order valence-electron chi connectivity index (χ4n) is 2.32. The van der Waals surface area contributed by atoms with E-state index in [9.17, 15) is 4.79 Å². The monoisotopic (exact) mass is 268 g/mol. The van der Waals surface area contributed by atoms with Crippen molar-refractivity contribution in [2.24, 2.45) is 0 Å². The van der Waals surface area contributed by atoms with Crippen LogP contribution in [0.2, 0.25) is 0 Å². The fourth-order valence-corrected chi connectivity index (χ4v) is 2.32. The predicted molar refractivity (Wildman–Crippen MR) is 77.7 cm³/mol. The molecule has 3 rings (SSSR count). The highest BCUT2D eigenvalue weighted by Gasteiger charge is 2.14. The van der Waals surface area contributed by atoms with Crippen LogP contribution in [0.1, 0.15) is 16.1 Å². The maximum Gasteiger partial charge on any atom is 0.289 e. The fraction of sp³-hybridized carbons (Fsp3) is 0.188. The van der Waals surface area contributed by atoms with Crippen molar-refractivity contribution < 1.29 is 9.21 Å². The number of benzene rings is 1. The molecule has 0 saturated carbocycles. The van der Waals surface area contributed by atoms with Gasteiger partial charge in [0.15, 0.2) is 5.76 Å². The Morgan fingerprint density at radius 3 is 2.90 bits per heavy atom. The molecule has 0 aliphatic heterocycles. The molecule has 0 bridgehead atoms. The minimum absolute atomic E-state index is 0.0881. The summed E-state index contributed by atoms with van der Waals surface area (Å²) in [6.45, 7) is 0.654. The van der Waals surface area contributed by atoms with Gasteiger partial charge in [0.2, 0.25) is 0 Å². The summed E-state index contributed by atoms with van der Waals surface area (Å²) in [5.74, 6) is 0.293. The second-order valence-electron chi connectivity index (χ2n) is 4.81. The molecule has 4 nitrogen and oxygen atoms in total. The molecular formula is C16H16N2O2. The number of amides is 1. The molecule has 0 radical (unpaired) electrons. The van der Waals surface area contributed by atoms with E-state index in [4.69, 9.17) is 4.42 Å². The number of aromatic nitrogens is 1. The van der Waals surface area contributed by atoms with Crippen molar-refractivity contribution in [2.75, 3.05) is 13.6 Å². The number of hydrogen-bond donors (Lipinski definition) is 1. The highest BCUT2D eigenvalue weighted by molar-refractivity contribution is 5.91. The van der Waals surface area contributed by atoms with Crippen LogP contribution in [0.5, 0.6) is 0 Å². The molecular weight excluding hydrogens is 252 g/mol. The van der Waals surface area contributed by atoms with Crippen LogP contribution in [0.15, 0.2) is 53.3 Å². The minimum Gasteiger partial charge on any atom is -0.459 e. The van der Waals surface area contributed by atoms with E-state index < -0.39 is 0 Å². The standard InChI is InChI=1S/C16H16N2O2/c1-18(16(19)15-7-4-10-20-15)9-8-12-11-17-14-6-3-2-5-13(12)14/h2-7,10-11,17H,8-9H2,1H3. The molecule has 0 aliphatic carbocycles. The molecule has 1 amide bonds. The quantitative estimate of drug-likeness (QED) is 0.790. The number of fused-ring (bicyclic) bond motifs is 1. The van der Waals surface area contributed by atoms with Gasteiger partial charge in [-0.1, -0.05) is 18.2 Å². The van der Waals surface area contributed by atoms with Gasteiger partial charge in [-0.2, -0.15) is 0 Å². The predicted octanol–water partition coefficient (Wildman–Crippen LogP) is 3.08. The van der Waals surface area contributed by atoms with Gasteiger partial charge >= 0.3 is 0 Å². The second kappa shape index (κ2) is 5.25. The number of para-hydroxylation sites is 1. The number of carbonyl (C=O) groups is 1. The van der Waals surface area contributed by atoms with Crippen LogP contribution in [0.3, 0.4) is 0 Å². The number of nitrogens with zero attached hydrogens (tertiary/aromatic N) is 1. The van der Waals surface area contributed by atoms with E-state index in [1.54, 1.807) is 24.1 Å². The first-order valence-electron chi connectivity index (χ1n) is 6.59. The summed E-state index contributed by atoms with van der Waals surface area (Å²) in [5, 5.41) is 1.21. The Morgan fingerprint density at radius 2 is 2.10 bits per heavy atom. The zero-order valence-electron chi connectivity index (χ0n) is 11.3. The minimum atomic E-state index is -0.0881. The van der Waals surface area contributed by atoms with Gasteiger partial charge in [-0.25, -0.2) is 0 Å².